The van der Waals surface area contributed by atoms with E-state index in [2.05, 4.69) is 37.8 Å². The Morgan fingerprint density at radius 1 is 1.11 bits per heavy atom. The number of hydrogen-bond donors (Lipinski definition) is 5. The summed E-state index contributed by atoms with van der Waals surface area (Å²) < 4.78 is 14.0. The second-order valence-corrected chi connectivity index (χ2v) is 7.03. The highest BCUT2D eigenvalue weighted by atomic mass is 32.2. The van der Waals surface area contributed by atoms with Crippen LogP contribution in [0.4, 0.5) is 9.59 Å². The molecular weight excluding hydrogens is 374 g/mol. The fraction of sp³-hybridized carbons (Fsp3) is 0.250. The molecular formula is C16H15N5O5S. The second kappa shape index (κ2) is 7.18. The van der Waals surface area contributed by atoms with E-state index in [9.17, 15) is 23.4 Å². The van der Waals surface area contributed by atoms with Crippen molar-refractivity contribution < 1.29 is 23.4 Å². The summed E-state index contributed by atoms with van der Waals surface area (Å²) in [6, 6.07) is 4.26. The highest BCUT2D eigenvalue weighted by Crippen LogP contribution is 2.25. The van der Waals surface area contributed by atoms with Gasteiger partial charge in [0.05, 0.1) is 11.0 Å². The van der Waals surface area contributed by atoms with Crippen LogP contribution < -0.4 is 26.0 Å². The molecule has 0 aliphatic carbocycles. The van der Waals surface area contributed by atoms with Gasteiger partial charge < -0.3 is 10.6 Å². The zero-order valence-electron chi connectivity index (χ0n) is 14.0. The van der Waals surface area contributed by atoms with E-state index in [4.69, 9.17) is 0 Å². The first-order chi connectivity index (χ1) is 12.8. The van der Waals surface area contributed by atoms with Crippen molar-refractivity contribution in [1.82, 2.24) is 26.0 Å². The van der Waals surface area contributed by atoms with Crippen molar-refractivity contribution in [3.05, 3.63) is 35.4 Å². The number of carbonyl (C=O) groups is 4. The van der Waals surface area contributed by atoms with Gasteiger partial charge in [0.2, 0.25) is 0 Å². The third-order valence-corrected chi connectivity index (χ3v) is 4.55. The third kappa shape index (κ3) is 3.81. The molecule has 0 bridgehead atoms. The second-order valence-electron chi connectivity index (χ2n) is 5.83. The monoisotopic (exact) mass is 389 g/mol. The molecule has 27 heavy (non-hydrogen) atoms. The topological polar surface area (TPSA) is 146 Å². The fourth-order valence-electron chi connectivity index (χ4n) is 2.64. The van der Waals surface area contributed by atoms with Crippen molar-refractivity contribution in [3.8, 4) is 11.8 Å². The molecule has 2 aliphatic rings. The average molecular weight is 389 g/mol. The van der Waals surface area contributed by atoms with Gasteiger partial charge in [-0.05, 0) is 17.7 Å². The van der Waals surface area contributed by atoms with Crippen molar-refractivity contribution in [1.29, 1.82) is 0 Å². The lowest BCUT2D eigenvalue weighted by Crippen LogP contribution is -2.51. The van der Waals surface area contributed by atoms with Crippen LogP contribution in [0.2, 0.25) is 0 Å². The molecule has 140 valence electrons. The summed E-state index contributed by atoms with van der Waals surface area (Å²) in [5, 5.41) is 9.18. The lowest BCUT2D eigenvalue weighted by Gasteiger charge is -2.26. The predicted molar refractivity (Wildman–Crippen MR) is 94.2 cm³/mol. The van der Waals surface area contributed by atoms with Crippen LogP contribution in [0.15, 0.2) is 24.3 Å². The summed E-state index contributed by atoms with van der Waals surface area (Å²) in [7, 11) is -1.38. The van der Waals surface area contributed by atoms with Crippen LogP contribution >= 0.6 is 0 Å². The lowest BCUT2D eigenvalue weighted by molar-refractivity contribution is -0.124. The molecule has 2 aliphatic heterocycles. The number of hydrogen-bond acceptors (Lipinski definition) is 5. The molecule has 11 heteroatoms. The van der Waals surface area contributed by atoms with Gasteiger partial charge in [-0.2, -0.15) is 0 Å². The Morgan fingerprint density at radius 2 is 1.81 bits per heavy atom. The van der Waals surface area contributed by atoms with Crippen LogP contribution in [0.5, 0.6) is 0 Å². The van der Waals surface area contributed by atoms with E-state index < -0.39 is 46.4 Å². The number of amides is 6. The number of nitrogens with one attached hydrogen (secondary N) is 5. The van der Waals surface area contributed by atoms with E-state index in [0.29, 0.717) is 11.1 Å². The quantitative estimate of drug-likeness (QED) is 0.304. The summed E-state index contributed by atoms with van der Waals surface area (Å²) in [6.07, 6.45) is 1.42. The van der Waals surface area contributed by atoms with Gasteiger partial charge >= 0.3 is 12.1 Å². The Kier molecular flexibility index (Phi) is 4.93. The van der Waals surface area contributed by atoms with Gasteiger partial charge in [-0.1, -0.05) is 24.0 Å². The van der Waals surface area contributed by atoms with Crippen molar-refractivity contribution in [3.63, 3.8) is 0 Å². The number of urea groups is 2. The minimum Gasteiger partial charge on any atom is -0.318 e. The normalized spacial score (nSPS) is 25.0. The van der Waals surface area contributed by atoms with Gasteiger partial charge in [-0.15, -0.1) is 0 Å². The van der Waals surface area contributed by atoms with Crippen LogP contribution in [0, 0.1) is 11.8 Å². The van der Waals surface area contributed by atoms with Gasteiger partial charge in [0.1, 0.15) is 0 Å². The molecule has 10 nitrogen and oxygen atoms in total. The number of rotatable bonds is 4. The predicted octanol–water partition coefficient (Wildman–Crippen LogP) is -1.84. The van der Waals surface area contributed by atoms with Gasteiger partial charge in [0.25, 0.3) is 11.8 Å². The third-order valence-electron chi connectivity index (χ3n) is 4.00. The minimum absolute atomic E-state index is 0.0625. The Morgan fingerprint density at radius 3 is 2.33 bits per heavy atom. The maximum absolute atomic E-state index is 12.3. The Labute approximate surface area is 156 Å². The molecule has 2 fully saturated rings. The standard InChI is InChI=1S/C16H15N5O5S/c1-27(26)17-8-16(13(23)20-15(25)21-16)10-5-2-9(3-6-10)4-7-11-12(22)19-14(24)18-11/h2-3,5-6,11,17H,8H2,1H3,(H2,18,19,22,24)(H2,20,21,23,25). The van der Waals surface area contributed by atoms with Crippen molar-refractivity contribution in [2.45, 2.75) is 11.6 Å². The first-order valence-electron chi connectivity index (χ1n) is 7.74. The van der Waals surface area contributed by atoms with E-state index in [-0.39, 0.29) is 6.54 Å². The molecule has 0 spiro atoms. The lowest BCUT2D eigenvalue weighted by atomic mass is 9.89. The van der Waals surface area contributed by atoms with Crippen LogP contribution in [-0.4, -0.2) is 46.9 Å². The fourth-order valence-corrected chi connectivity index (χ4v) is 3.06. The van der Waals surface area contributed by atoms with Gasteiger partial charge in [-0.25, -0.2) is 18.5 Å². The van der Waals surface area contributed by atoms with E-state index in [1.807, 2.05) is 0 Å². The van der Waals surface area contributed by atoms with Gasteiger partial charge in [-0.3, -0.25) is 20.2 Å². The molecule has 6 amide bonds. The van der Waals surface area contributed by atoms with Gasteiger partial charge in [0.15, 0.2) is 11.6 Å². The Balaban J connectivity index is 1.83. The number of imide groups is 2. The van der Waals surface area contributed by atoms with E-state index in [1.165, 1.54) is 6.26 Å². The smallest absolute Gasteiger partial charge is 0.318 e. The molecule has 0 saturated carbocycles. The minimum atomic E-state index is -1.39. The largest absolute Gasteiger partial charge is 0.322 e. The number of benzene rings is 1. The van der Waals surface area contributed by atoms with Crippen LogP contribution in [0.1, 0.15) is 11.1 Å². The number of carbonyl (C=O) groups excluding carboxylic acids is 4. The molecule has 0 aromatic heterocycles. The highest BCUT2D eigenvalue weighted by molar-refractivity contribution is 7.82. The molecule has 3 atom stereocenters. The molecule has 5 N–H and O–H groups in total. The van der Waals surface area contributed by atoms with E-state index >= 15 is 0 Å². The van der Waals surface area contributed by atoms with Crippen LogP contribution in [0.3, 0.4) is 0 Å². The first kappa shape index (κ1) is 18.6. The van der Waals surface area contributed by atoms with Crippen LogP contribution in [-0.2, 0) is 26.1 Å². The summed E-state index contributed by atoms with van der Waals surface area (Å²) in [4.78, 5) is 46.5. The van der Waals surface area contributed by atoms with Crippen molar-refractivity contribution in [2.75, 3.05) is 12.8 Å². The van der Waals surface area contributed by atoms with Crippen molar-refractivity contribution in [2.24, 2.45) is 0 Å². The van der Waals surface area contributed by atoms with Crippen molar-refractivity contribution >= 4 is 34.9 Å². The molecule has 1 aromatic carbocycles. The summed E-state index contributed by atoms with van der Waals surface area (Å²) in [6.45, 7) is -0.0625. The maximum atomic E-state index is 12.3. The molecule has 1 aromatic rings. The molecule has 2 heterocycles. The highest BCUT2D eigenvalue weighted by Gasteiger charge is 2.47. The average Bonchev–Trinajstić information content (AvgIpc) is 3.09. The van der Waals surface area contributed by atoms with E-state index in [0.717, 1.165) is 0 Å². The van der Waals surface area contributed by atoms with Gasteiger partial charge in [0, 0.05) is 18.4 Å². The Hall–Kier alpha value is -3.23. The summed E-state index contributed by atoms with van der Waals surface area (Å²) >= 11 is 0. The van der Waals surface area contributed by atoms with E-state index in [1.54, 1.807) is 24.3 Å². The molecule has 2 saturated heterocycles. The zero-order chi connectivity index (χ0) is 19.6. The summed E-state index contributed by atoms with van der Waals surface area (Å²) in [5.41, 5.74) is -0.380. The SMILES string of the molecule is CS(=O)NCC1(c2ccc(C#CC3NC(=O)NC3=O)cc2)NC(=O)NC1=O. The maximum Gasteiger partial charge on any atom is 0.322 e. The summed E-state index contributed by atoms with van der Waals surface area (Å²) in [5.74, 6) is 4.32. The molecule has 0 radical (unpaired) electrons. The first-order valence-corrected chi connectivity index (χ1v) is 9.30. The zero-order valence-corrected chi connectivity index (χ0v) is 14.9. The molecule has 3 unspecified atom stereocenters. The van der Waals surface area contributed by atoms with Crippen LogP contribution in [0.25, 0.3) is 0 Å². The molecule has 3 rings (SSSR count). The Bertz CT molecular complexity index is 919.